The van der Waals surface area contributed by atoms with Gasteiger partial charge in [0.25, 0.3) is 11.5 Å². The van der Waals surface area contributed by atoms with Crippen LogP contribution in [-0.2, 0) is 0 Å². The molecule has 1 aromatic carbocycles. The van der Waals surface area contributed by atoms with Gasteiger partial charge in [-0.05, 0) is 31.2 Å². The number of aromatic nitrogens is 5. The van der Waals surface area contributed by atoms with Gasteiger partial charge in [0.05, 0.1) is 11.9 Å². The van der Waals surface area contributed by atoms with Crippen molar-refractivity contribution < 1.29 is 4.79 Å². The maximum Gasteiger partial charge on any atom is 0.275 e. The van der Waals surface area contributed by atoms with Crippen molar-refractivity contribution in [2.24, 2.45) is 0 Å². The second-order valence-electron chi connectivity index (χ2n) is 5.14. The Balaban J connectivity index is 1.52. The third-order valence-corrected chi connectivity index (χ3v) is 4.22. The van der Waals surface area contributed by atoms with Crippen LogP contribution >= 0.6 is 11.3 Å². The Hall–Kier alpha value is -3.20. The molecule has 4 rings (SSSR count). The van der Waals surface area contributed by atoms with Crippen LogP contribution in [0.15, 0.2) is 47.5 Å². The van der Waals surface area contributed by atoms with Gasteiger partial charge >= 0.3 is 0 Å². The monoisotopic (exact) mass is 340 g/mol. The first-order valence-electron chi connectivity index (χ1n) is 7.11. The van der Waals surface area contributed by atoms with Crippen molar-refractivity contribution in [3.63, 3.8) is 0 Å². The molecule has 4 aromatic rings. The van der Waals surface area contributed by atoms with Gasteiger partial charge < -0.3 is 5.32 Å². The van der Waals surface area contributed by atoms with Crippen LogP contribution in [0.3, 0.4) is 0 Å². The van der Waals surface area contributed by atoms with Gasteiger partial charge in [-0.2, -0.15) is 5.10 Å². The lowest BCUT2D eigenvalue weighted by atomic mass is 10.2. The summed E-state index contributed by atoms with van der Waals surface area (Å²) < 4.78 is 3.20. The second-order valence-corrected chi connectivity index (χ2v) is 6.30. The third-order valence-electron chi connectivity index (χ3n) is 3.39. The van der Waals surface area contributed by atoms with Crippen LogP contribution in [0, 0.1) is 6.92 Å². The number of benzene rings is 1. The zero-order chi connectivity index (χ0) is 16.7. The Bertz CT molecular complexity index is 1050. The summed E-state index contributed by atoms with van der Waals surface area (Å²) in [5.74, 6) is -0.299. The van der Waals surface area contributed by atoms with Gasteiger partial charge in [0.15, 0.2) is 0 Å². The molecule has 24 heavy (non-hydrogen) atoms. The van der Waals surface area contributed by atoms with Crippen molar-refractivity contribution in [1.82, 2.24) is 24.4 Å². The van der Waals surface area contributed by atoms with Gasteiger partial charge in [0, 0.05) is 18.0 Å². The maximum atomic E-state index is 12.3. The number of imidazole rings is 1. The summed E-state index contributed by atoms with van der Waals surface area (Å²) >= 11 is 1.43. The van der Waals surface area contributed by atoms with E-state index in [2.05, 4.69) is 20.5 Å². The fraction of sp³-hybridized carbons (Fsp3) is 0.0667. The number of hydrogen-bond donors (Lipinski definition) is 2. The number of aryl methyl sites for hydroxylation is 1. The van der Waals surface area contributed by atoms with Crippen LogP contribution in [0.1, 0.15) is 15.5 Å². The number of hydrogen-bond acceptors (Lipinski definition) is 5. The molecule has 0 saturated carbocycles. The van der Waals surface area contributed by atoms with Crippen LogP contribution in [0.4, 0.5) is 5.69 Å². The van der Waals surface area contributed by atoms with Crippen molar-refractivity contribution in [1.29, 1.82) is 0 Å². The van der Waals surface area contributed by atoms with Gasteiger partial charge in [0.1, 0.15) is 10.7 Å². The first-order valence-corrected chi connectivity index (χ1v) is 7.92. The van der Waals surface area contributed by atoms with Gasteiger partial charge in [-0.25, -0.2) is 9.50 Å². The molecule has 3 heterocycles. The van der Waals surface area contributed by atoms with Gasteiger partial charge in [0.2, 0.25) is 4.96 Å². The molecule has 0 spiro atoms. The highest BCUT2D eigenvalue weighted by Crippen LogP contribution is 2.16. The minimum absolute atomic E-state index is 0.170. The molecule has 0 aliphatic heterocycles. The summed E-state index contributed by atoms with van der Waals surface area (Å²) in [5.41, 5.74) is 1.57. The smallest absolute Gasteiger partial charge is 0.275 e. The molecular formula is C15H12N6O2S. The third kappa shape index (κ3) is 2.61. The largest absolute Gasteiger partial charge is 0.321 e. The molecule has 2 N–H and O–H groups in total. The number of fused-ring (bicyclic) bond motifs is 1. The van der Waals surface area contributed by atoms with Crippen LogP contribution < -0.4 is 10.9 Å². The summed E-state index contributed by atoms with van der Waals surface area (Å²) in [7, 11) is 0. The van der Waals surface area contributed by atoms with Gasteiger partial charge in [-0.3, -0.25) is 19.4 Å². The number of anilines is 1. The number of nitrogens with zero attached hydrogens (tertiary/aromatic N) is 4. The Morgan fingerprint density at radius 2 is 2.04 bits per heavy atom. The van der Waals surface area contributed by atoms with E-state index < -0.39 is 0 Å². The molecule has 0 aliphatic carbocycles. The van der Waals surface area contributed by atoms with Crippen molar-refractivity contribution in [2.75, 3.05) is 5.32 Å². The molecule has 0 bridgehead atoms. The number of rotatable bonds is 3. The molecule has 0 unspecified atom stereocenters. The lowest BCUT2D eigenvalue weighted by Crippen LogP contribution is -2.12. The van der Waals surface area contributed by atoms with Gasteiger partial charge in [-0.1, -0.05) is 11.3 Å². The summed E-state index contributed by atoms with van der Waals surface area (Å²) in [5, 5.41) is 10.6. The molecule has 0 radical (unpaired) electrons. The van der Waals surface area contributed by atoms with E-state index in [4.69, 9.17) is 0 Å². The van der Waals surface area contributed by atoms with Crippen LogP contribution in [-0.4, -0.2) is 30.3 Å². The molecule has 1 amide bonds. The van der Waals surface area contributed by atoms with Crippen molar-refractivity contribution in [3.05, 3.63) is 63.8 Å². The van der Waals surface area contributed by atoms with Crippen LogP contribution in [0.5, 0.6) is 0 Å². The van der Waals surface area contributed by atoms with E-state index in [1.54, 1.807) is 45.9 Å². The minimum Gasteiger partial charge on any atom is -0.321 e. The fourth-order valence-electron chi connectivity index (χ4n) is 2.30. The SMILES string of the molecule is Cc1nn2cc(C(=O)Nc3ccc(-n4ccc(=O)[nH]4)cc3)nc2s1. The highest BCUT2D eigenvalue weighted by molar-refractivity contribution is 7.16. The number of nitrogens with one attached hydrogen (secondary N) is 2. The Morgan fingerprint density at radius 1 is 1.25 bits per heavy atom. The maximum absolute atomic E-state index is 12.3. The summed E-state index contributed by atoms with van der Waals surface area (Å²) in [6, 6.07) is 8.54. The van der Waals surface area contributed by atoms with Crippen LogP contribution in [0.25, 0.3) is 10.6 Å². The van der Waals surface area contributed by atoms with Crippen molar-refractivity contribution >= 4 is 27.9 Å². The first-order chi connectivity index (χ1) is 11.6. The summed E-state index contributed by atoms with van der Waals surface area (Å²) in [4.78, 5) is 28.4. The topological polar surface area (TPSA) is 97.1 Å². The van der Waals surface area contributed by atoms with Gasteiger partial charge in [-0.15, -0.1) is 0 Å². The Labute approximate surface area is 139 Å². The average Bonchev–Trinajstić information content (AvgIpc) is 3.22. The zero-order valence-electron chi connectivity index (χ0n) is 12.6. The Kier molecular flexibility index (Phi) is 3.28. The number of carbonyl (C=O) groups is 1. The van der Waals surface area contributed by atoms with Crippen molar-refractivity contribution in [3.8, 4) is 5.69 Å². The highest BCUT2D eigenvalue weighted by atomic mass is 32.1. The second kappa shape index (κ2) is 5.46. The highest BCUT2D eigenvalue weighted by Gasteiger charge is 2.13. The quantitative estimate of drug-likeness (QED) is 0.594. The first kappa shape index (κ1) is 14.4. The lowest BCUT2D eigenvalue weighted by molar-refractivity contribution is 0.102. The normalized spacial score (nSPS) is 11.0. The van der Waals surface area contributed by atoms with Crippen LogP contribution in [0.2, 0.25) is 0 Å². The fourth-order valence-corrected chi connectivity index (χ4v) is 3.02. The van der Waals surface area contributed by atoms with E-state index in [9.17, 15) is 9.59 Å². The van der Waals surface area contributed by atoms with Crippen molar-refractivity contribution in [2.45, 2.75) is 6.92 Å². The molecule has 8 nitrogen and oxygen atoms in total. The molecule has 120 valence electrons. The summed E-state index contributed by atoms with van der Waals surface area (Å²) in [6.07, 6.45) is 3.25. The predicted molar refractivity (Wildman–Crippen MR) is 89.9 cm³/mol. The summed E-state index contributed by atoms with van der Waals surface area (Å²) in [6.45, 7) is 1.89. The predicted octanol–water partition coefficient (Wildman–Crippen LogP) is 1.83. The number of amides is 1. The molecule has 0 atom stereocenters. The zero-order valence-corrected chi connectivity index (χ0v) is 13.4. The van der Waals surface area contributed by atoms with E-state index in [1.807, 2.05) is 6.92 Å². The average molecular weight is 340 g/mol. The Morgan fingerprint density at radius 3 is 2.71 bits per heavy atom. The van der Waals surface area contributed by atoms with E-state index in [0.29, 0.717) is 16.3 Å². The van der Waals surface area contributed by atoms with E-state index in [1.165, 1.54) is 17.4 Å². The molecule has 0 aliphatic rings. The standard InChI is InChI=1S/C15H12N6O2S/c1-9-18-21-8-12(17-15(21)24-9)14(23)16-10-2-4-11(5-3-10)20-7-6-13(22)19-20/h2-8H,1H3,(H,16,23)(H,19,22). The van der Waals surface area contributed by atoms with E-state index in [-0.39, 0.29) is 11.5 Å². The number of aromatic amines is 1. The molecule has 0 saturated heterocycles. The molecule has 9 heteroatoms. The minimum atomic E-state index is -0.299. The molecule has 0 fully saturated rings. The van der Waals surface area contributed by atoms with E-state index >= 15 is 0 Å². The molecule has 3 aromatic heterocycles. The lowest BCUT2D eigenvalue weighted by Gasteiger charge is -2.05. The number of H-pyrrole nitrogens is 1. The number of carbonyl (C=O) groups excluding carboxylic acids is 1. The van der Waals surface area contributed by atoms with E-state index in [0.717, 1.165) is 10.7 Å². The molecular weight excluding hydrogens is 328 g/mol.